The first kappa shape index (κ1) is 25.5. The minimum Gasteiger partial charge on any atom is -0.491 e. The maximum atomic E-state index is 11.3. The van der Waals surface area contributed by atoms with Crippen molar-refractivity contribution in [1.29, 1.82) is 0 Å². The van der Waals surface area contributed by atoms with E-state index in [-0.39, 0.29) is 18.1 Å². The molecule has 1 saturated heterocycles. The number of nitrogens with zero attached hydrogens (tertiary/aromatic N) is 1. The lowest BCUT2D eigenvalue weighted by Gasteiger charge is -2.33. The summed E-state index contributed by atoms with van der Waals surface area (Å²) in [5.74, 6) is 2.29. The van der Waals surface area contributed by atoms with Crippen molar-refractivity contribution in [2.24, 2.45) is 11.8 Å². The van der Waals surface area contributed by atoms with E-state index in [1.807, 2.05) is 6.07 Å². The van der Waals surface area contributed by atoms with E-state index in [1.165, 1.54) is 68.2 Å². The summed E-state index contributed by atoms with van der Waals surface area (Å²) in [5.41, 5.74) is 1.37. The summed E-state index contributed by atoms with van der Waals surface area (Å²) < 4.78 is 7.08. The number of rotatable bonds is 10. The molecule has 180 valence electrons. The molecule has 1 heterocycles. The number of halogens is 1. The highest BCUT2D eigenvalue weighted by atomic mass is 79.9. The molecular formula is C26H41BrN2O3. The van der Waals surface area contributed by atoms with Crippen molar-refractivity contribution in [3.05, 3.63) is 28.2 Å². The first-order valence-electron chi connectivity index (χ1n) is 12.5. The second-order valence-electron chi connectivity index (χ2n) is 9.99. The van der Waals surface area contributed by atoms with E-state index < -0.39 is 6.61 Å². The number of benzene rings is 1. The van der Waals surface area contributed by atoms with Crippen molar-refractivity contribution in [2.75, 3.05) is 26.2 Å². The SMILES string of the molecule is CC(C)Oc1ccc(Br)c(CC2CCN(CCC[C@H]3CC[C@H](NC(=O)CO)CC3)CC2)c1. The number of piperidine rings is 1. The molecular weight excluding hydrogens is 468 g/mol. The first-order chi connectivity index (χ1) is 15.4. The number of likely N-dealkylation sites (tertiary alicyclic amines) is 1. The van der Waals surface area contributed by atoms with Gasteiger partial charge >= 0.3 is 0 Å². The van der Waals surface area contributed by atoms with Crippen LogP contribution in [-0.4, -0.2) is 54.3 Å². The van der Waals surface area contributed by atoms with Crippen molar-refractivity contribution in [3.63, 3.8) is 0 Å². The zero-order valence-electron chi connectivity index (χ0n) is 19.8. The van der Waals surface area contributed by atoms with Crippen LogP contribution < -0.4 is 10.1 Å². The van der Waals surface area contributed by atoms with Crippen molar-refractivity contribution in [3.8, 4) is 5.75 Å². The van der Waals surface area contributed by atoms with Crippen molar-refractivity contribution < 1.29 is 14.6 Å². The van der Waals surface area contributed by atoms with Crippen molar-refractivity contribution >= 4 is 21.8 Å². The fraction of sp³-hybridized carbons (Fsp3) is 0.731. The van der Waals surface area contributed by atoms with Gasteiger partial charge in [-0.15, -0.1) is 0 Å². The van der Waals surface area contributed by atoms with E-state index in [2.05, 4.69) is 52.1 Å². The van der Waals surface area contributed by atoms with Gasteiger partial charge in [-0.2, -0.15) is 0 Å². The Balaban J connectivity index is 1.32. The highest BCUT2D eigenvalue weighted by Crippen LogP contribution is 2.30. The Hall–Kier alpha value is -1.11. The molecule has 0 spiro atoms. The van der Waals surface area contributed by atoms with E-state index in [0.29, 0.717) is 0 Å². The fourth-order valence-electron chi connectivity index (χ4n) is 5.25. The first-order valence-corrected chi connectivity index (χ1v) is 13.3. The van der Waals surface area contributed by atoms with Crippen molar-refractivity contribution in [2.45, 2.75) is 83.8 Å². The van der Waals surface area contributed by atoms with Gasteiger partial charge in [-0.25, -0.2) is 0 Å². The van der Waals surface area contributed by atoms with E-state index in [9.17, 15) is 4.79 Å². The molecule has 6 heteroatoms. The lowest BCUT2D eigenvalue weighted by molar-refractivity contribution is -0.124. The Kier molecular flexibility index (Phi) is 10.3. The number of carbonyl (C=O) groups is 1. The molecule has 2 aliphatic rings. The normalized spacial score (nSPS) is 22.8. The topological polar surface area (TPSA) is 61.8 Å². The van der Waals surface area contributed by atoms with Gasteiger partial charge in [0.25, 0.3) is 0 Å². The zero-order valence-corrected chi connectivity index (χ0v) is 21.4. The fourth-order valence-corrected chi connectivity index (χ4v) is 5.66. The second-order valence-corrected chi connectivity index (χ2v) is 10.8. The molecule has 2 N–H and O–H groups in total. The predicted octanol–water partition coefficient (Wildman–Crippen LogP) is 4.94. The highest BCUT2D eigenvalue weighted by Gasteiger charge is 2.23. The van der Waals surface area contributed by atoms with Gasteiger partial charge in [0.1, 0.15) is 12.4 Å². The number of nitrogens with one attached hydrogen (secondary N) is 1. The van der Waals surface area contributed by atoms with Crippen LogP contribution in [0.4, 0.5) is 0 Å². The number of hydrogen-bond donors (Lipinski definition) is 2. The third kappa shape index (κ3) is 8.35. The second kappa shape index (κ2) is 13.0. The number of ether oxygens (including phenoxy) is 1. The molecule has 0 radical (unpaired) electrons. The Bertz CT molecular complexity index is 711. The number of aliphatic hydroxyl groups excluding tert-OH is 1. The maximum absolute atomic E-state index is 11.3. The van der Waals surface area contributed by atoms with E-state index >= 15 is 0 Å². The molecule has 0 atom stereocenters. The smallest absolute Gasteiger partial charge is 0.245 e. The molecule has 2 fully saturated rings. The molecule has 1 aromatic carbocycles. The quantitative estimate of drug-likeness (QED) is 0.469. The molecule has 3 rings (SSSR count). The number of carbonyl (C=O) groups excluding carboxylic acids is 1. The lowest BCUT2D eigenvalue weighted by Crippen LogP contribution is -2.39. The van der Waals surface area contributed by atoms with Crippen molar-refractivity contribution in [1.82, 2.24) is 10.2 Å². The van der Waals surface area contributed by atoms with Crippen LogP contribution in [0.3, 0.4) is 0 Å². The van der Waals surface area contributed by atoms with E-state index in [4.69, 9.17) is 9.84 Å². The molecule has 1 aromatic rings. The predicted molar refractivity (Wildman–Crippen MR) is 133 cm³/mol. The summed E-state index contributed by atoms with van der Waals surface area (Å²) in [6, 6.07) is 6.65. The molecule has 32 heavy (non-hydrogen) atoms. The molecule has 0 aromatic heterocycles. The van der Waals surface area contributed by atoms with Crippen LogP contribution in [-0.2, 0) is 11.2 Å². The van der Waals surface area contributed by atoms with Gasteiger partial charge in [0.05, 0.1) is 6.10 Å². The van der Waals surface area contributed by atoms with Gasteiger partial charge in [-0.1, -0.05) is 15.9 Å². The monoisotopic (exact) mass is 508 g/mol. The summed E-state index contributed by atoms with van der Waals surface area (Å²) in [5, 5.41) is 11.8. The summed E-state index contributed by atoms with van der Waals surface area (Å²) in [6.45, 7) is 7.39. The van der Waals surface area contributed by atoms with Gasteiger partial charge < -0.3 is 20.1 Å². The summed E-state index contributed by atoms with van der Waals surface area (Å²) in [4.78, 5) is 14.0. The minimum atomic E-state index is -0.396. The minimum absolute atomic E-state index is 0.203. The van der Waals surface area contributed by atoms with Crippen LogP contribution in [0.2, 0.25) is 0 Å². The lowest BCUT2D eigenvalue weighted by atomic mass is 9.83. The standard InChI is InChI=1S/C26H41BrN2O3/c1-19(2)32-24-9-10-25(27)22(17-24)16-21-11-14-29(15-12-21)13-3-4-20-5-7-23(8-6-20)28-26(31)18-30/h9-10,17,19-21,23,30H,3-8,11-16,18H2,1-2H3,(H,28,31)/t20-,23-. The summed E-state index contributed by atoms with van der Waals surface area (Å²) >= 11 is 3.73. The Morgan fingerprint density at radius 2 is 1.88 bits per heavy atom. The third-order valence-corrected chi connectivity index (χ3v) is 7.82. The van der Waals surface area contributed by atoms with Crippen LogP contribution in [0.1, 0.15) is 70.8 Å². The average molecular weight is 510 g/mol. The van der Waals surface area contributed by atoms with Gasteiger partial charge in [0, 0.05) is 10.5 Å². The van der Waals surface area contributed by atoms with E-state index in [0.717, 1.165) is 36.8 Å². The third-order valence-electron chi connectivity index (χ3n) is 7.05. The Morgan fingerprint density at radius 3 is 2.53 bits per heavy atom. The van der Waals surface area contributed by atoms with E-state index in [1.54, 1.807) is 0 Å². The van der Waals surface area contributed by atoms with Crippen LogP contribution in [0.25, 0.3) is 0 Å². The summed E-state index contributed by atoms with van der Waals surface area (Å²) in [7, 11) is 0. The molecule has 1 amide bonds. The Morgan fingerprint density at radius 1 is 1.16 bits per heavy atom. The van der Waals surface area contributed by atoms with Gasteiger partial charge in [0.15, 0.2) is 0 Å². The summed E-state index contributed by atoms with van der Waals surface area (Å²) in [6.07, 6.45) is 11.0. The zero-order chi connectivity index (χ0) is 22.9. The molecule has 1 saturated carbocycles. The average Bonchev–Trinajstić information content (AvgIpc) is 2.78. The molecule has 0 bridgehead atoms. The van der Waals surface area contributed by atoms with Gasteiger partial charge in [-0.05, 0) is 127 Å². The molecule has 0 unspecified atom stereocenters. The largest absolute Gasteiger partial charge is 0.491 e. The highest BCUT2D eigenvalue weighted by molar-refractivity contribution is 9.10. The number of hydrogen-bond acceptors (Lipinski definition) is 4. The maximum Gasteiger partial charge on any atom is 0.245 e. The van der Waals surface area contributed by atoms with Gasteiger partial charge in [0.2, 0.25) is 5.91 Å². The molecule has 5 nitrogen and oxygen atoms in total. The molecule has 1 aliphatic carbocycles. The number of amides is 1. The van der Waals surface area contributed by atoms with Crippen LogP contribution >= 0.6 is 15.9 Å². The Labute approximate surface area is 202 Å². The van der Waals surface area contributed by atoms with Crippen LogP contribution in [0.5, 0.6) is 5.75 Å². The number of aliphatic hydroxyl groups is 1. The van der Waals surface area contributed by atoms with Crippen LogP contribution in [0.15, 0.2) is 22.7 Å². The van der Waals surface area contributed by atoms with Gasteiger partial charge in [-0.3, -0.25) is 4.79 Å². The van der Waals surface area contributed by atoms with Crippen LogP contribution in [0, 0.1) is 11.8 Å². The molecule has 1 aliphatic heterocycles.